The Balaban J connectivity index is 0.000000785. The van der Waals surface area contributed by atoms with Crippen molar-refractivity contribution in [2.45, 2.75) is 59.6 Å². The Morgan fingerprint density at radius 1 is 1.12 bits per heavy atom. The summed E-state index contributed by atoms with van der Waals surface area (Å²) >= 11 is 1.20. The van der Waals surface area contributed by atoms with Crippen molar-refractivity contribution in [1.29, 1.82) is 0 Å². The molecule has 15 heteroatoms. The van der Waals surface area contributed by atoms with Gasteiger partial charge in [0.15, 0.2) is 11.0 Å². The van der Waals surface area contributed by atoms with Gasteiger partial charge in [-0.05, 0) is 60.7 Å². The van der Waals surface area contributed by atoms with Crippen LogP contribution in [-0.4, -0.2) is 76.3 Å². The third-order valence-corrected chi connectivity index (χ3v) is 3.25. The van der Waals surface area contributed by atoms with Crippen LogP contribution in [0.1, 0.15) is 41.5 Å². The molecule has 1 rings (SSSR count). The van der Waals surface area contributed by atoms with Crippen molar-refractivity contribution in [2.24, 2.45) is 9.90 Å². The quantitative estimate of drug-likeness (QED) is 0.314. The number of rotatable bonds is 1. The smallest absolute Gasteiger partial charge is 0.437 e. The van der Waals surface area contributed by atoms with Gasteiger partial charge in [0, 0.05) is 12.4 Å². The highest BCUT2D eigenvalue weighted by Gasteiger charge is 2.21. The first kappa shape index (κ1) is 30.2. The van der Waals surface area contributed by atoms with E-state index in [2.05, 4.69) is 25.6 Å². The molecule has 33 heavy (non-hydrogen) atoms. The Kier molecular flexibility index (Phi) is 12.5. The lowest BCUT2D eigenvalue weighted by Crippen LogP contribution is -2.40. The van der Waals surface area contributed by atoms with E-state index in [4.69, 9.17) is 22.3 Å². The molecule has 0 unspecified atom stereocenters. The molecule has 1 aromatic heterocycles. The SMILES string of the molecule is CC(C)(C)OC(=O)N=C(NC(=O)OC(C)(C)C)n1cccn1.[B]C(=O)NC(=NB(C)O)SC. The number of ether oxygens (including phenoxy) is 2. The van der Waals surface area contributed by atoms with Gasteiger partial charge in [-0.1, -0.05) is 11.8 Å². The number of alkyl carbamates (subject to hydrolysis) is 1. The molecule has 1 heterocycles. The second-order valence-corrected chi connectivity index (χ2v) is 9.05. The molecule has 12 nitrogen and oxygen atoms in total. The van der Waals surface area contributed by atoms with Crippen molar-refractivity contribution in [3.05, 3.63) is 18.5 Å². The van der Waals surface area contributed by atoms with Crippen molar-refractivity contribution in [1.82, 2.24) is 20.4 Å². The summed E-state index contributed by atoms with van der Waals surface area (Å²) in [5.74, 6) is -0.785. The van der Waals surface area contributed by atoms with E-state index in [9.17, 15) is 14.4 Å². The molecular weight excluding hydrogens is 450 g/mol. The summed E-state index contributed by atoms with van der Waals surface area (Å²) in [4.78, 5) is 41.3. The molecule has 0 aliphatic carbocycles. The number of aliphatic imine (C=N–C) groups is 1. The minimum Gasteiger partial charge on any atom is -0.444 e. The summed E-state index contributed by atoms with van der Waals surface area (Å²) in [6, 6.07) is 1.63. The summed E-state index contributed by atoms with van der Waals surface area (Å²) in [6.07, 6.45) is 3.15. The summed E-state index contributed by atoms with van der Waals surface area (Å²) in [5, 5.41) is 17.6. The van der Waals surface area contributed by atoms with Gasteiger partial charge in [0.2, 0.25) is 13.8 Å². The van der Waals surface area contributed by atoms with Gasteiger partial charge >= 0.3 is 19.2 Å². The van der Waals surface area contributed by atoms with Crippen LogP contribution in [-0.2, 0) is 9.47 Å². The lowest BCUT2D eigenvalue weighted by molar-refractivity contribution is 0.0560. The number of nitrogens with zero attached hydrogens (tertiary/aromatic N) is 4. The van der Waals surface area contributed by atoms with Crippen LogP contribution in [0.3, 0.4) is 0 Å². The molecule has 0 fully saturated rings. The molecule has 0 saturated carbocycles. The average Bonchev–Trinajstić information content (AvgIpc) is 3.11. The van der Waals surface area contributed by atoms with Crippen LogP contribution in [0, 0.1) is 0 Å². The van der Waals surface area contributed by atoms with Gasteiger partial charge in [0.1, 0.15) is 11.2 Å². The Morgan fingerprint density at radius 2 is 1.70 bits per heavy atom. The predicted molar refractivity (Wildman–Crippen MR) is 130 cm³/mol. The molecule has 0 spiro atoms. The third kappa shape index (κ3) is 16.5. The van der Waals surface area contributed by atoms with Crippen molar-refractivity contribution in [2.75, 3.05) is 6.26 Å². The maximum absolute atomic E-state index is 11.8. The number of hydrogen-bond acceptors (Lipinski definition) is 9. The van der Waals surface area contributed by atoms with E-state index < -0.39 is 36.2 Å². The monoisotopic (exact) mass is 480 g/mol. The topological polar surface area (TPSA) is 156 Å². The van der Waals surface area contributed by atoms with Gasteiger partial charge in [-0.3, -0.25) is 15.0 Å². The number of thioether (sulfide) groups is 1. The fraction of sp³-hybridized carbons (Fsp3) is 0.556. The van der Waals surface area contributed by atoms with Crippen LogP contribution < -0.4 is 10.6 Å². The minimum atomic E-state index is -0.839. The zero-order valence-electron chi connectivity index (χ0n) is 20.1. The van der Waals surface area contributed by atoms with Crippen LogP contribution in [0.15, 0.2) is 28.4 Å². The highest BCUT2D eigenvalue weighted by Crippen LogP contribution is 2.09. The van der Waals surface area contributed by atoms with E-state index >= 15 is 0 Å². The molecule has 3 N–H and O–H groups in total. The van der Waals surface area contributed by atoms with E-state index in [0.29, 0.717) is 5.17 Å². The molecule has 0 atom stereocenters. The van der Waals surface area contributed by atoms with Gasteiger partial charge in [-0.25, -0.2) is 14.3 Å². The van der Waals surface area contributed by atoms with Gasteiger partial charge in [0.25, 0.3) is 0 Å². The van der Waals surface area contributed by atoms with E-state index in [1.54, 1.807) is 53.9 Å². The van der Waals surface area contributed by atoms with Crippen LogP contribution in [0.4, 0.5) is 14.4 Å². The predicted octanol–water partition coefficient (Wildman–Crippen LogP) is 2.24. The number of amidine groups is 1. The maximum Gasteiger partial charge on any atom is 0.437 e. The zero-order chi connectivity index (χ0) is 25.8. The van der Waals surface area contributed by atoms with Crippen LogP contribution in [0.25, 0.3) is 0 Å². The van der Waals surface area contributed by atoms with Gasteiger partial charge < -0.3 is 19.8 Å². The Labute approximate surface area is 199 Å². The number of nitrogens with one attached hydrogen (secondary N) is 2. The normalized spacial score (nSPS) is 12.2. The average molecular weight is 480 g/mol. The summed E-state index contributed by atoms with van der Waals surface area (Å²) in [5.41, 5.74) is -1.37. The van der Waals surface area contributed by atoms with Crippen LogP contribution in [0.2, 0.25) is 6.82 Å². The fourth-order valence-electron chi connectivity index (χ4n) is 1.71. The summed E-state index contributed by atoms with van der Waals surface area (Å²) in [6.45, 7) is 11.8. The second-order valence-electron chi connectivity index (χ2n) is 8.25. The Morgan fingerprint density at radius 3 is 2.09 bits per heavy atom. The summed E-state index contributed by atoms with van der Waals surface area (Å²) in [7, 11) is 3.99. The lowest BCUT2D eigenvalue weighted by atomic mass is 9.91. The largest absolute Gasteiger partial charge is 0.444 e. The molecule has 0 bridgehead atoms. The molecule has 0 aromatic carbocycles. The van der Waals surface area contributed by atoms with Crippen molar-refractivity contribution in [3.8, 4) is 0 Å². The molecule has 0 aliphatic heterocycles. The minimum absolute atomic E-state index is 0.103. The highest BCUT2D eigenvalue weighted by molar-refractivity contribution is 8.13. The number of aromatic nitrogens is 2. The van der Waals surface area contributed by atoms with E-state index in [1.807, 2.05) is 0 Å². The first-order valence-electron chi connectivity index (χ1n) is 9.70. The third-order valence-electron chi connectivity index (χ3n) is 2.65. The molecular formula is C18H30B2N6O6S. The Bertz CT molecular complexity index is 848. The van der Waals surface area contributed by atoms with Crippen molar-refractivity contribution in [3.63, 3.8) is 0 Å². The van der Waals surface area contributed by atoms with Crippen LogP contribution >= 0.6 is 11.8 Å². The number of carbonyl (C=O) groups is 3. The standard InChI is InChI=1S/C14H22N4O4.C4H8B2N2O2S/c1-13(2,3)21-11(19)16-10(18-9-7-8-15-18)17-12(20)22-14(4,5)6;1-6(10)8-4(11-2)7-3(5)9/h7-9H,1-6H3,(H,16,17,19,20);10H,1-2H3,(H,7,8,9). The highest BCUT2D eigenvalue weighted by atomic mass is 32.2. The lowest BCUT2D eigenvalue weighted by Gasteiger charge is -2.20. The second kappa shape index (κ2) is 13.7. The molecule has 0 saturated heterocycles. The Hall–Kier alpha value is -2.80. The molecule has 0 aliphatic rings. The molecule has 3 amide bonds. The van der Waals surface area contributed by atoms with Gasteiger partial charge in [-0.15, -0.1) is 4.99 Å². The van der Waals surface area contributed by atoms with Crippen LogP contribution in [0.5, 0.6) is 0 Å². The maximum atomic E-state index is 11.8. The van der Waals surface area contributed by atoms with Crippen molar-refractivity contribution >= 4 is 55.8 Å². The molecule has 1 aromatic rings. The molecule has 180 valence electrons. The van der Waals surface area contributed by atoms with Gasteiger partial charge in [0.05, 0.1) is 0 Å². The summed E-state index contributed by atoms with van der Waals surface area (Å²) < 4.78 is 11.4. The number of carbonyl (C=O) groups excluding carboxylic acids is 3. The molecule has 2 radical (unpaired) electrons. The first-order valence-corrected chi connectivity index (χ1v) is 10.9. The zero-order valence-corrected chi connectivity index (χ0v) is 20.9. The van der Waals surface area contributed by atoms with E-state index in [-0.39, 0.29) is 5.96 Å². The van der Waals surface area contributed by atoms with Crippen molar-refractivity contribution < 1.29 is 28.9 Å². The number of amides is 3. The fourth-order valence-corrected chi connectivity index (χ4v) is 2.17. The first-order chi connectivity index (χ1) is 15.0. The van der Waals surface area contributed by atoms with E-state index in [1.165, 1.54) is 35.7 Å². The van der Waals surface area contributed by atoms with E-state index in [0.717, 1.165) is 0 Å². The number of hydrogen-bond donors (Lipinski definition) is 3. The van der Waals surface area contributed by atoms with Gasteiger partial charge in [-0.2, -0.15) is 5.10 Å².